The molecule has 1 N–H and O–H groups in total. The van der Waals surface area contributed by atoms with Gasteiger partial charge in [-0.1, -0.05) is 33.6 Å². The second kappa shape index (κ2) is 4.88. The molecule has 1 heterocycles. The molecule has 0 aliphatic rings. The van der Waals surface area contributed by atoms with E-state index in [1.807, 2.05) is 30.5 Å². The molecule has 0 aliphatic carbocycles. The average Bonchev–Trinajstić information content (AvgIpc) is 2.63. The highest BCUT2D eigenvalue weighted by atomic mass is 79.9. The fourth-order valence-corrected chi connectivity index (χ4v) is 3.23. The molecular formula is C12H10BrClOS. The van der Waals surface area contributed by atoms with Crippen molar-refractivity contribution < 1.29 is 5.11 Å². The molecule has 0 bridgehead atoms. The molecule has 2 aromatic rings. The van der Waals surface area contributed by atoms with Crippen molar-refractivity contribution in [3.8, 4) is 0 Å². The van der Waals surface area contributed by atoms with Crippen LogP contribution in [0, 0.1) is 6.92 Å². The van der Waals surface area contributed by atoms with Crippen molar-refractivity contribution in [2.45, 2.75) is 13.0 Å². The molecule has 1 aromatic heterocycles. The molecular weight excluding hydrogens is 308 g/mol. The van der Waals surface area contributed by atoms with Gasteiger partial charge in [-0.25, -0.2) is 0 Å². The third kappa shape index (κ3) is 2.33. The van der Waals surface area contributed by atoms with E-state index in [1.54, 1.807) is 6.07 Å². The largest absolute Gasteiger partial charge is 0.383 e. The summed E-state index contributed by atoms with van der Waals surface area (Å²) in [5, 5.41) is 12.8. The lowest BCUT2D eigenvalue weighted by Crippen LogP contribution is -2.00. The van der Waals surface area contributed by atoms with Crippen molar-refractivity contribution in [2.75, 3.05) is 0 Å². The monoisotopic (exact) mass is 316 g/mol. The Morgan fingerprint density at radius 2 is 2.12 bits per heavy atom. The van der Waals surface area contributed by atoms with Crippen LogP contribution in [0.3, 0.4) is 0 Å². The zero-order chi connectivity index (χ0) is 11.7. The van der Waals surface area contributed by atoms with Crippen LogP contribution in [0.1, 0.15) is 22.1 Å². The van der Waals surface area contributed by atoms with Crippen molar-refractivity contribution in [2.24, 2.45) is 0 Å². The van der Waals surface area contributed by atoms with Crippen LogP contribution < -0.4 is 0 Å². The Morgan fingerprint density at radius 3 is 2.69 bits per heavy atom. The van der Waals surface area contributed by atoms with Crippen molar-refractivity contribution >= 4 is 38.9 Å². The number of aryl methyl sites for hydroxylation is 1. The maximum Gasteiger partial charge on any atom is 0.115 e. The molecule has 0 spiro atoms. The maximum absolute atomic E-state index is 10.2. The summed E-state index contributed by atoms with van der Waals surface area (Å²) in [4.78, 5) is 0.798. The molecule has 1 unspecified atom stereocenters. The van der Waals surface area contributed by atoms with Crippen LogP contribution in [0.4, 0.5) is 0 Å². The lowest BCUT2D eigenvalue weighted by atomic mass is 10.0. The highest BCUT2D eigenvalue weighted by Gasteiger charge is 2.17. The Labute approximate surface area is 112 Å². The van der Waals surface area contributed by atoms with E-state index in [-0.39, 0.29) is 0 Å². The molecule has 0 saturated carbocycles. The van der Waals surface area contributed by atoms with Crippen LogP contribution in [0.15, 0.2) is 34.1 Å². The van der Waals surface area contributed by atoms with E-state index < -0.39 is 6.10 Å². The lowest BCUT2D eigenvalue weighted by molar-refractivity contribution is 0.223. The summed E-state index contributed by atoms with van der Waals surface area (Å²) in [5.41, 5.74) is 1.94. The standard InChI is InChI=1S/C12H10BrClOS/c1-7-6-8(13)2-3-9(7)11(15)12-10(14)4-5-16-12/h2-6,11,15H,1H3. The molecule has 4 heteroatoms. The van der Waals surface area contributed by atoms with Crippen LogP contribution in [-0.2, 0) is 0 Å². The number of hydrogen-bond donors (Lipinski definition) is 1. The van der Waals surface area contributed by atoms with Gasteiger partial charge in [0.15, 0.2) is 0 Å². The quantitative estimate of drug-likeness (QED) is 0.861. The summed E-state index contributed by atoms with van der Waals surface area (Å²) >= 11 is 10.9. The van der Waals surface area contributed by atoms with Gasteiger partial charge in [0, 0.05) is 4.47 Å². The van der Waals surface area contributed by atoms with Crippen molar-refractivity contribution in [3.63, 3.8) is 0 Å². The zero-order valence-electron chi connectivity index (χ0n) is 8.58. The van der Waals surface area contributed by atoms with E-state index >= 15 is 0 Å². The molecule has 0 radical (unpaired) electrons. The number of benzene rings is 1. The molecule has 84 valence electrons. The van der Waals surface area contributed by atoms with Crippen molar-refractivity contribution in [1.29, 1.82) is 0 Å². The van der Waals surface area contributed by atoms with Crippen LogP contribution in [0.2, 0.25) is 5.02 Å². The number of hydrogen-bond acceptors (Lipinski definition) is 2. The van der Waals surface area contributed by atoms with Gasteiger partial charge in [0.25, 0.3) is 0 Å². The Morgan fingerprint density at radius 1 is 1.38 bits per heavy atom. The normalized spacial score (nSPS) is 12.8. The van der Waals surface area contributed by atoms with Crippen LogP contribution >= 0.6 is 38.9 Å². The molecule has 0 fully saturated rings. The number of rotatable bonds is 2. The molecule has 0 aliphatic heterocycles. The maximum atomic E-state index is 10.2. The van der Waals surface area contributed by atoms with E-state index in [0.29, 0.717) is 5.02 Å². The summed E-state index contributed by atoms with van der Waals surface area (Å²) in [5.74, 6) is 0. The first-order valence-electron chi connectivity index (χ1n) is 4.76. The van der Waals surface area contributed by atoms with E-state index in [1.165, 1.54) is 11.3 Å². The van der Waals surface area contributed by atoms with Crippen molar-refractivity contribution in [1.82, 2.24) is 0 Å². The molecule has 0 saturated heterocycles. The number of thiophene rings is 1. The Kier molecular flexibility index (Phi) is 3.70. The first-order valence-corrected chi connectivity index (χ1v) is 6.81. The lowest BCUT2D eigenvalue weighted by Gasteiger charge is -2.13. The van der Waals surface area contributed by atoms with Gasteiger partial charge in [-0.05, 0) is 41.6 Å². The Bertz CT molecular complexity index is 509. The predicted molar refractivity (Wildman–Crippen MR) is 72.3 cm³/mol. The first-order chi connectivity index (χ1) is 7.59. The van der Waals surface area contributed by atoms with E-state index in [0.717, 1.165) is 20.5 Å². The smallest absolute Gasteiger partial charge is 0.115 e. The summed E-state index contributed by atoms with van der Waals surface area (Å²) in [6.07, 6.45) is -0.638. The highest BCUT2D eigenvalue weighted by molar-refractivity contribution is 9.10. The van der Waals surface area contributed by atoms with Gasteiger partial charge in [0.05, 0.1) is 9.90 Å². The minimum Gasteiger partial charge on any atom is -0.383 e. The highest BCUT2D eigenvalue weighted by Crippen LogP contribution is 2.34. The van der Waals surface area contributed by atoms with Gasteiger partial charge in [0.1, 0.15) is 6.10 Å². The zero-order valence-corrected chi connectivity index (χ0v) is 11.7. The minimum atomic E-state index is -0.638. The summed E-state index contributed by atoms with van der Waals surface area (Å²) in [6, 6.07) is 7.63. The second-order valence-corrected chi connectivity index (χ2v) is 5.81. The van der Waals surface area contributed by atoms with Gasteiger partial charge in [-0.2, -0.15) is 0 Å². The first kappa shape index (κ1) is 12.1. The summed E-state index contributed by atoms with van der Waals surface area (Å²) in [6.45, 7) is 1.98. The van der Waals surface area contributed by atoms with Gasteiger partial charge >= 0.3 is 0 Å². The van der Waals surface area contributed by atoms with E-state index in [4.69, 9.17) is 11.6 Å². The van der Waals surface area contributed by atoms with Crippen molar-refractivity contribution in [3.05, 3.63) is 55.1 Å². The summed E-state index contributed by atoms with van der Waals surface area (Å²) < 4.78 is 1.01. The fraction of sp³-hybridized carbons (Fsp3) is 0.167. The number of halogens is 2. The van der Waals surface area contributed by atoms with Gasteiger partial charge in [-0.3, -0.25) is 0 Å². The van der Waals surface area contributed by atoms with Crippen LogP contribution in [0.5, 0.6) is 0 Å². The Hall–Kier alpha value is -0.350. The molecule has 1 aromatic carbocycles. The van der Waals surface area contributed by atoms with E-state index in [9.17, 15) is 5.11 Å². The molecule has 0 amide bonds. The minimum absolute atomic E-state index is 0.625. The van der Waals surface area contributed by atoms with Gasteiger partial charge < -0.3 is 5.11 Å². The fourth-order valence-electron chi connectivity index (χ4n) is 1.59. The average molecular weight is 318 g/mol. The number of aliphatic hydroxyl groups excluding tert-OH is 1. The molecule has 2 rings (SSSR count). The van der Waals surface area contributed by atoms with Gasteiger partial charge in [0.2, 0.25) is 0 Å². The van der Waals surface area contributed by atoms with Crippen LogP contribution in [0.25, 0.3) is 0 Å². The molecule has 1 nitrogen and oxygen atoms in total. The second-order valence-electron chi connectivity index (χ2n) is 3.54. The van der Waals surface area contributed by atoms with E-state index in [2.05, 4.69) is 15.9 Å². The molecule has 16 heavy (non-hydrogen) atoms. The third-order valence-corrected chi connectivity index (χ3v) is 4.32. The summed E-state index contributed by atoms with van der Waals surface area (Å²) in [7, 11) is 0. The van der Waals surface area contributed by atoms with Crippen LogP contribution in [-0.4, -0.2) is 5.11 Å². The Balaban J connectivity index is 2.41. The SMILES string of the molecule is Cc1cc(Br)ccc1C(O)c1sccc1Cl. The topological polar surface area (TPSA) is 20.2 Å². The predicted octanol–water partition coefficient (Wildman–Crippen LogP) is 4.55. The molecule has 1 atom stereocenters. The number of aliphatic hydroxyl groups is 1. The van der Waals surface area contributed by atoms with Gasteiger partial charge in [-0.15, -0.1) is 11.3 Å². The third-order valence-electron chi connectivity index (χ3n) is 2.42.